The molecule has 2 rings (SSSR count). The minimum absolute atomic E-state index is 0. The summed E-state index contributed by atoms with van der Waals surface area (Å²) in [4.78, 5) is 12.2. The Morgan fingerprint density at radius 3 is 2.71 bits per heavy atom. The number of hydrogen-bond acceptors (Lipinski definition) is 3. The summed E-state index contributed by atoms with van der Waals surface area (Å²) < 4.78 is 5.52. The van der Waals surface area contributed by atoms with E-state index in [2.05, 4.69) is 10.6 Å². The van der Waals surface area contributed by atoms with Crippen LogP contribution < -0.4 is 10.6 Å². The minimum Gasteiger partial charge on any atom is -0.382 e. The van der Waals surface area contributed by atoms with E-state index in [9.17, 15) is 4.79 Å². The zero-order chi connectivity index (χ0) is 14.3. The first kappa shape index (κ1) is 18.7. The van der Waals surface area contributed by atoms with Gasteiger partial charge < -0.3 is 15.4 Å². The van der Waals surface area contributed by atoms with E-state index >= 15 is 0 Å². The Balaban J connectivity index is 0.00000220. The third-order valence-electron chi connectivity index (χ3n) is 4.95. The number of rotatable bonds is 7. The van der Waals surface area contributed by atoms with Crippen molar-refractivity contribution < 1.29 is 9.53 Å². The molecule has 1 unspecified atom stereocenters. The summed E-state index contributed by atoms with van der Waals surface area (Å²) in [5.74, 6) is 0.425. The first-order chi connectivity index (χ1) is 9.76. The molecule has 2 fully saturated rings. The second-order valence-electron chi connectivity index (χ2n) is 6.42. The molecule has 1 saturated carbocycles. The predicted molar refractivity (Wildman–Crippen MR) is 87.9 cm³/mol. The molecule has 1 amide bonds. The number of carbonyl (C=O) groups excluding carboxylic acids is 1. The van der Waals surface area contributed by atoms with Crippen molar-refractivity contribution in [3.05, 3.63) is 0 Å². The lowest BCUT2D eigenvalue weighted by atomic mass is 9.82. The van der Waals surface area contributed by atoms with Crippen LogP contribution in [0, 0.1) is 11.3 Å². The van der Waals surface area contributed by atoms with Crippen LogP contribution in [0.25, 0.3) is 0 Å². The Labute approximate surface area is 135 Å². The SMILES string of the molecule is CCOCCC1(CNC(=O)C2CCCNC2)CCCC1.Cl. The summed E-state index contributed by atoms with van der Waals surface area (Å²) in [5.41, 5.74) is 0.299. The van der Waals surface area contributed by atoms with Crippen LogP contribution in [0.2, 0.25) is 0 Å². The Hall–Kier alpha value is -0.320. The molecule has 2 N–H and O–H groups in total. The van der Waals surface area contributed by atoms with E-state index in [0.717, 1.165) is 52.1 Å². The van der Waals surface area contributed by atoms with Gasteiger partial charge in [0.15, 0.2) is 0 Å². The van der Waals surface area contributed by atoms with Gasteiger partial charge in [0.05, 0.1) is 5.92 Å². The first-order valence-corrected chi connectivity index (χ1v) is 8.32. The van der Waals surface area contributed by atoms with Crippen LogP contribution in [-0.4, -0.2) is 38.8 Å². The molecule has 0 spiro atoms. The van der Waals surface area contributed by atoms with Crippen molar-refractivity contribution in [2.45, 2.75) is 51.9 Å². The van der Waals surface area contributed by atoms with Gasteiger partial charge in [-0.1, -0.05) is 12.8 Å². The van der Waals surface area contributed by atoms with Gasteiger partial charge in [0.2, 0.25) is 5.91 Å². The number of hydrogen-bond donors (Lipinski definition) is 2. The Morgan fingerprint density at radius 1 is 1.33 bits per heavy atom. The number of halogens is 1. The van der Waals surface area contributed by atoms with Gasteiger partial charge in [0, 0.05) is 26.3 Å². The summed E-state index contributed by atoms with van der Waals surface area (Å²) in [6, 6.07) is 0. The van der Waals surface area contributed by atoms with Crippen LogP contribution in [0.15, 0.2) is 0 Å². The fraction of sp³-hybridized carbons (Fsp3) is 0.938. The monoisotopic (exact) mass is 318 g/mol. The molecule has 0 aromatic rings. The summed E-state index contributed by atoms with van der Waals surface area (Å²) in [6.45, 7) is 6.40. The standard InChI is InChI=1S/C16H30N2O2.ClH/c1-2-20-11-9-16(7-3-4-8-16)13-18-15(19)14-6-5-10-17-12-14;/h14,17H,2-13H2,1H3,(H,18,19);1H. The van der Waals surface area contributed by atoms with E-state index in [1.165, 1.54) is 25.7 Å². The second kappa shape index (κ2) is 9.65. The van der Waals surface area contributed by atoms with Crippen molar-refractivity contribution >= 4 is 18.3 Å². The summed E-state index contributed by atoms with van der Waals surface area (Å²) in [6.07, 6.45) is 8.31. The van der Waals surface area contributed by atoms with Crippen molar-refractivity contribution in [3.8, 4) is 0 Å². The average molecular weight is 319 g/mol. The lowest BCUT2D eigenvalue weighted by Crippen LogP contribution is -2.44. The van der Waals surface area contributed by atoms with E-state index in [0.29, 0.717) is 5.41 Å². The predicted octanol–water partition coefficient (Wildman–Crippen LogP) is 2.51. The Bertz CT molecular complexity index is 301. The molecule has 1 heterocycles. The van der Waals surface area contributed by atoms with Gasteiger partial charge >= 0.3 is 0 Å². The zero-order valence-electron chi connectivity index (χ0n) is 13.3. The van der Waals surface area contributed by atoms with E-state index in [1.54, 1.807) is 0 Å². The minimum atomic E-state index is 0. The molecule has 4 nitrogen and oxygen atoms in total. The van der Waals surface area contributed by atoms with Crippen molar-refractivity contribution in [1.82, 2.24) is 10.6 Å². The molecule has 0 bridgehead atoms. The van der Waals surface area contributed by atoms with Gasteiger partial charge in [-0.2, -0.15) is 0 Å². The molecule has 1 aliphatic heterocycles. The van der Waals surface area contributed by atoms with Crippen molar-refractivity contribution in [2.75, 3.05) is 32.8 Å². The molecule has 0 aromatic heterocycles. The molecule has 1 aliphatic carbocycles. The Morgan fingerprint density at radius 2 is 2.10 bits per heavy atom. The van der Waals surface area contributed by atoms with Crippen molar-refractivity contribution in [3.63, 3.8) is 0 Å². The summed E-state index contributed by atoms with van der Waals surface area (Å²) >= 11 is 0. The van der Waals surface area contributed by atoms with Crippen LogP contribution in [0.1, 0.15) is 51.9 Å². The van der Waals surface area contributed by atoms with Crippen LogP contribution in [0.4, 0.5) is 0 Å². The van der Waals surface area contributed by atoms with Gasteiger partial charge in [0.1, 0.15) is 0 Å². The molecule has 1 atom stereocenters. The molecule has 0 aromatic carbocycles. The van der Waals surface area contributed by atoms with E-state index < -0.39 is 0 Å². The van der Waals surface area contributed by atoms with Gasteiger partial charge in [-0.25, -0.2) is 0 Å². The highest BCUT2D eigenvalue weighted by Crippen LogP contribution is 2.40. The van der Waals surface area contributed by atoms with E-state index in [4.69, 9.17) is 4.74 Å². The van der Waals surface area contributed by atoms with Gasteiger partial charge in [-0.3, -0.25) is 4.79 Å². The number of carbonyl (C=O) groups is 1. The van der Waals surface area contributed by atoms with Crippen molar-refractivity contribution in [2.24, 2.45) is 11.3 Å². The molecule has 0 radical (unpaired) electrons. The van der Waals surface area contributed by atoms with Gasteiger partial charge in [0.25, 0.3) is 0 Å². The lowest BCUT2D eigenvalue weighted by molar-refractivity contribution is -0.126. The summed E-state index contributed by atoms with van der Waals surface area (Å²) in [5, 5.41) is 6.54. The molecule has 124 valence electrons. The largest absolute Gasteiger partial charge is 0.382 e. The molecule has 1 saturated heterocycles. The van der Waals surface area contributed by atoms with Crippen molar-refractivity contribution in [1.29, 1.82) is 0 Å². The topological polar surface area (TPSA) is 50.4 Å². The van der Waals surface area contributed by atoms with Gasteiger partial charge in [-0.05, 0) is 51.0 Å². The molecule has 2 aliphatic rings. The smallest absolute Gasteiger partial charge is 0.224 e. The van der Waals surface area contributed by atoms with E-state index in [-0.39, 0.29) is 24.2 Å². The molecular weight excluding hydrogens is 288 g/mol. The highest BCUT2D eigenvalue weighted by molar-refractivity contribution is 5.85. The number of piperidine rings is 1. The maximum absolute atomic E-state index is 12.2. The van der Waals surface area contributed by atoms with E-state index in [1.807, 2.05) is 6.92 Å². The molecule has 21 heavy (non-hydrogen) atoms. The summed E-state index contributed by atoms with van der Waals surface area (Å²) in [7, 11) is 0. The molecular formula is C16H31ClN2O2. The first-order valence-electron chi connectivity index (χ1n) is 8.32. The fourth-order valence-corrected chi connectivity index (χ4v) is 3.57. The maximum atomic E-state index is 12.2. The maximum Gasteiger partial charge on any atom is 0.224 e. The van der Waals surface area contributed by atoms with Crippen LogP contribution in [0.3, 0.4) is 0 Å². The number of nitrogens with one attached hydrogen (secondary N) is 2. The van der Waals surface area contributed by atoms with Crippen LogP contribution in [-0.2, 0) is 9.53 Å². The normalized spacial score (nSPS) is 24.3. The third kappa shape index (κ3) is 5.76. The lowest BCUT2D eigenvalue weighted by Gasteiger charge is -2.30. The quantitative estimate of drug-likeness (QED) is 0.709. The zero-order valence-corrected chi connectivity index (χ0v) is 14.1. The highest BCUT2D eigenvalue weighted by atomic mass is 35.5. The van der Waals surface area contributed by atoms with Crippen LogP contribution in [0.5, 0.6) is 0 Å². The fourth-order valence-electron chi connectivity index (χ4n) is 3.57. The highest BCUT2D eigenvalue weighted by Gasteiger charge is 2.34. The number of amides is 1. The Kier molecular flexibility index (Phi) is 8.60. The van der Waals surface area contributed by atoms with Gasteiger partial charge in [-0.15, -0.1) is 12.4 Å². The third-order valence-corrected chi connectivity index (χ3v) is 4.95. The average Bonchev–Trinajstić information content (AvgIpc) is 2.95. The number of ether oxygens (including phenoxy) is 1. The second-order valence-corrected chi connectivity index (χ2v) is 6.42. The van der Waals surface area contributed by atoms with Crippen LogP contribution >= 0.6 is 12.4 Å². The molecule has 5 heteroatoms.